The highest BCUT2D eigenvalue weighted by Gasteiger charge is 2.28. The van der Waals surface area contributed by atoms with Gasteiger partial charge < -0.3 is 24.5 Å². The molecule has 1 fully saturated rings. The average molecular weight is 411 g/mol. The monoisotopic (exact) mass is 411 g/mol. The van der Waals surface area contributed by atoms with Gasteiger partial charge in [-0.05, 0) is 31.0 Å². The van der Waals surface area contributed by atoms with Crippen LogP contribution in [-0.2, 0) is 9.47 Å². The van der Waals surface area contributed by atoms with Gasteiger partial charge in [0.25, 0.3) is 0 Å². The summed E-state index contributed by atoms with van der Waals surface area (Å²) in [7, 11) is 1.64. The number of carbonyl (C=O) groups excluding carboxylic acids is 1. The third kappa shape index (κ3) is 3.88. The van der Waals surface area contributed by atoms with Crippen molar-refractivity contribution in [2.75, 3.05) is 26.0 Å². The van der Waals surface area contributed by atoms with E-state index in [2.05, 4.69) is 19.9 Å². The molecule has 0 spiro atoms. The maximum atomic E-state index is 11.7. The van der Waals surface area contributed by atoms with Crippen molar-refractivity contribution >= 4 is 23.0 Å². The fraction of sp³-hybridized carbons (Fsp3) is 0.381. The van der Waals surface area contributed by atoms with E-state index in [9.17, 15) is 4.79 Å². The van der Waals surface area contributed by atoms with Crippen molar-refractivity contribution in [1.82, 2.24) is 19.9 Å². The molecule has 1 saturated heterocycles. The molecule has 0 aliphatic carbocycles. The molecule has 0 saturated carbocycles. The molecule has 0 amide bonds. The molecule has 3 N–H and O–H groups in total. The molecule has 3 aromatic rings. The minimum Gasteiger partial charge on any atom is -0.497 e. The summed E-state index contributed by atoms with van der Waals surface area (Å²) in [6, 6.07) is 7.86. The second kappa shape index (κ2) is 8.58. The van der Waals surface area contributed by atoms with E-state index in [1.54, 1.807) is 14.0 Å². The van der Waals surface area contributed by atoms with Crippen LogP contribution in [0.25, 0.3) is 22.2 Å². The summed E-state index contributed by atoms with van der Waals surface area (Å²) in [5, 5.41) is 4.01. The van der Waals surface area contributed by atoms with Gasteiger partial charge in [0.15, 0.2) is 6.23 Å². The number of methoxy groups -OCH3 is 1. The molecule has 2 aromatic heterocycles. The Balaban J connectivity index is 1.71. The van der Waals surface area contributed by atoms with Crippen LogP contribution in [0.3, 0.4) is 0 Å². The summed E-state index contributed by atoms with van der Waals surface area (Å²) in [6.07, 6.45) is 3.85. The minimum absolute atomic E-state index is 0.0711. The average Bonchev–Trinajstić information content (AvgIpc) is 3.15. The molecule has 3 heterocycles. The lowest BCUT2D eigenvalue weighted by atomic mass is 10.0. The Morgan fingerprint density at radius 1 is 1.37 bits per heavy atom. The molecule has 1 aromatic carbocycles. The first-order valence-electron chi connectivity index (χ1n) is 9.93. The van der Waals surface area contributed by atoms with Crippen molar-refractivity contribution in [2.45, 2.75) is 32.0 Å². The molecule has 2 atom stereocenters. The highest BCUT2D eigenvalue weighted by Crippen LogP contribution is 2.37. The molecule has 0 radical (unpaired) electrons. The molecule has 30 heavy (non-hydrogen) atoms. The molecule has 9 heteroatoms. The quantitative estimate of drug-likeness (QED) is 0.616. The van der Waals surface area contributed by atoms with Crippen LogP contribution in [0.4, 0.5) is 10.6 Å². The number of piperidine rings is 1. The van der Waals surface area contributed by atoms with Gasteiger partial charge in [-0.3, -0.25) is 5.32 Å². The van der Waals surface area contributed by atoms with E-state index < -0.39 is 12.4 Å². The number of ether oxygens (including phenoxy) is 3. The maximum Gasteiger partial charge on any atom is 0.509 e. The number of nitrogens with two attached hydrogens (primary N) is 1. The Labute approximate surface area is 174 Å². The zero-order valence-electron chi connectivity index (χ0n) is 17.0. The number of nitrogens with zero attached hydrogens (tertiary/aromatic N) is 3. The van der Waals surface area contributed by atoms with Gasteiger partial charge >= 0.3 is 6.16 Å². The van der Waals surface area contributed by atoms with Crippen LogP contribution in [0.5, 0.6) is 5.75 Å². The second-order valence-corrected chi connectivity index (χ2v) is 7.06. The Morgan fingerprint density at radius 2 is 2.23 bits per heavy atom. The van der Waals surface area contributed by atoms with Crippen LogP contribution in [0.1, 0.15) is 25.8 Å². The lowest BCUT2D eigenvalue weighted by Gasteiger charge is -2.30. The van der Waals surface area contributed by atoms with Crippen molar-refractivity contribution < 1.29 is 19.0 Å². The number of rotatable bonds is 5. The fourth-order valence-electron chi connectivity index (χ4n) is 3.87. The molecule has 4 rings (SSSR count). The predicted molar refractivity (Wildman–Crippen MR) is 112 cm³/mol. The van der Waals surface area contributed by atoms with Gasteiger partial charge in [0, 0.05) is 30.8 Å². The summed E-state index contributed by atoms with van der Waals surface area (Å²) in [5.41, 5.74) is 8.89. The lowest BCUT2D eigenvalue weighted by molar-refractivity contribution is -0.00299. The Kier molecular flexibility index (Phi) is 5.71. The van der Waals surface area contributed by atoms with E-state index >= 15 is 0 Å². The molecule has 158 valence electrons. The highest BCUT2D eigenvalue weighted by atomic mass is 16.7. The van der Waals surface area contributed by atoms with Crippen LogP contribution in [0, 0.1) is 0 Å². The molecule has 1 aliphatic rings. The van der Waals surface area contributed by atoms with Gasteiger partial charge in [0.1, 0.15) is 23.5 Å². The SMILES string of the molecule is CCOC(=O)OC1CC(n2cc(-c3cccc(OC)c3)c3c(N)ncnc32)CCN1. The van der Waals surface area contributed by atoms with Gasteiger partial charge in [-0.25, -0.2) is 14.8 Å². The zero-order chi connectivity index (χ0) is 21.1. The van der Waals surface area contributed by atoms with Crippen LogP contribution in [-0.4, -0.2) is 47.2 Å². The van der Waals surface area contributed by atoms with Crippen LogP contribution in [0.2, 0.25) is 0 Å². The molecule has 9 nitrogen and oxygen atoms in total. The largest absolute Gasteiger partial charge is 0.509 e. The van der Waals surface area contributed by atoms with Crippen molar-refractivity contribution in [3.8, 4) is 16.9 Å². The number of nitrogens with one attached hydrogen (secondary N) is 1. The van der Waals surface area contributed by atoms with E-state index in [-0.39, 0.29) is 12.6 Å². The van der Waals surface area contributed by atoms with Gasteiger partial charge in [-0.1, -0.05) is 12.1 Å². The van der Waals surface area contributed by atoms with Crippen LogP contribution < -0.4 is 15.8 Å². The summed E-state index contributed by atoms with van der Waals surface area (Å²) >= 11 is 0. The van der Waals surface area contributed by atoms with Crippen LogP contribution in [0.15, 0.2) is 36.8 Å². The summed E-state index contributed by atoms with van der Waals surface area (Å²) in [6.45, 7) is 2.72. The summed E-state index contributed by atoms with van der Waals surface area (Å²) in [4.78, 5) is 20.4. The van der Waals surface area contributed by atoms with E-state index in [0.717, 1.165) is 34.3 Å². The predicted octanol–water partition coefficient (Wildman–Crippen LogP) is 3.11. The summed E-state index contributed by atoms with van der Waals surface area (Å²) in [5.74, 6) is 1.18. The zero-order valence-corrected chi connectivity index (χ0v) is 17.0. The van der Waals surface area contributed by atoms with Crippen LogP contribution >= 0.6 is 0 Å². The molecule has 1 aliphatic heterocycles. The van der Waals surface area contributed by atoms with E-state index in [1.165, 1.54) is 6.33 Å². The van der Waals surface area contributed by atoms with Crippen molar-refractivity contribution in [2.24, 2.45) is 0 Å². The van der Waals surface area contributed by atoms with Gasteiger partial charge in [-0.15, -0.1) is 0 Å². The number of benzene rings is 1. The Bertz CT molecular complexity index is 1050. The van der Waals surface area contributed by atoms with Crippen molar-refractivity contribution in [1.29, 1.82) is 0 Å². The molecular formula is C21H25N5O4. The normalized spacial score (nSPS) is 18.9. The first-order valence-corrected chi connectivity index (χ1v) is 9.93. The van der Waals surface area contributed by atoms with Crippen molar-refractivity contribution in [3.63, 3.8) is 0 Å². The molecule has 2 unspecified atom stereocenters. The number of anilines is 1. The third-order valence-corrected chi connectivity index (χ3v) is 5.25. The fourth-order valence-corrected chi connectivity index (χ4v) is 3.87. The van der Waals surface area contributed by atoms with Crippen molar-refractivity contribution in [3.05, 3.63) is 36.8 Å². The Hall–Kier alpha value is -3.33. The first-order chi connectivity index (χ1) is 14.6. The maximum absolute atomic E-state index is 11.7. The van der Waals surface area contributed by atoms with Gasteiger partial charge in [-0.2, -0.15) is 0 Å². The van der Waals surface area contributed by atoms with E-state index in [1.807, 2.05) is 30.5 Å². The number of nitrogen functional groups attached to an aromatic ring is 1. The van der Waals surface area contributed by atoms with Gasteiger partial charge in [0.2, 0.25) is 0 Å². The van der Waals surface area contributed by atoms with E-state index in [4.69, 9.17) is 19.9 Å². The molecular weight excluding hydrogens is 386 g/mol. The van der Waals surface area contributed by atoms with E-state index in [0.29, 0.717) is 18.8 Å². The number of fused-ring (bicyclic) bond motifs is 1. The lowest BCUT2D eigenvalue weighted by Crippen LogP contribution is -2.41. The highest BCUT2D eigenvalue weighted by molar-refractivity contribution is 6.00. The Morgan fingerprint density at radius 3 is 3.03 bits per heavy atom. The topological polar surface area (TPSA) is 114 Å². The third-order valence-electron chi connectivity index (χ3n) is 5.25. The van der Waals surface area contributed by atoms with Gasteiger partial charge in [0.05, 0.1) is 19.1 Å². The molecule has 0 bridgehead atoms. The number of hydrogen-bond acceptors (Lipinski definition) is 8. The number of carbonyl (C=O) groups is 1. The number of aromatic nitrogens is 3. The number of hydrogen-bond donors (Lipinski definition) is 2. The first kappa shape index (κ1) is 20.0. The minimum atomic E-state index is -0.670. The standard InChI is InChI=1S/C21H25N5O4/c1-3-29-21(27)30-17-10-14(7-8-23-17)26-11-16(13-5-4-6-15(9-13)28-2)18-19(22)24-12-25-20(18)26/h4-6,9,11-12,14,17,23H,3,7-8,10H2,1-2H3,(H2,22,24,25). The summed E-state index contributed by atoms with van der Waals surface area (Å²) < 4.78 is 17.8. The second-order valence-electron chi connectivity index (χ2n) is 7.06. The smallest absolute Gasteiger partial charge is 0.497 e.